The van der Waals surface area contributed by atoms with Crippen LogP contribution in [0, 0.1) is 0 Å². The van der Waals surface area contributed by atoms with Gasteiger partial charge in [-0.15, -0.1) is 0 Å². The highest BCUT2D eigenvalue weighted by Crippen LogP contribution is 2.47. The van der Waals surface area contributed by atoms with Gasteiger partial charge in [-0.25, -0.2) is 0 Å². The van der Waals surface area contributed by atoms with Crippen LogP contribution in [0.25, 0.3) is 0 Å². The Morgan fingerprint density at radius 2 is 2.00 bits per heavy atom. The first-order valence-corrected chi connectivity index (χ1v) is 9.55. The molecule has 4 heteroatoms. The van der Waals surface area contributed by atoms with Gasteiger partial charge in [0, 0.05) is 11.5 Å². The molecule has 0 radical (unpaired) electrons. The number of rotatable bonds is 4. The van der Waals surface area contributed by atoms with Crippen LogP contribution in [0.3, 0.4) is 0 Å². The summed E-state index contributed by atoms with van der Waals surface area (Å²) < 4.78 is 11.9. The van der Waals surface area contributed by atoms with Crippen LogP contribution < -0.4 is 9.47 Å². The van der Waals surface area contributed by atoms with Crippen molar-refractivity contribution in [1.82, 2.24) is 4.90 Å². The van der Waals surface area contributed by atoms with E-state index in [1.807, 2.05) is 12.1 Å². The van der Waals surface area contributed by atoms with Crippen LogP contribution in [0.2, 0.25) is 0 Å². The zero-order valence-electron chi connectivity index (χ0n) is 15.3. The highest BCUT2D eigenvalue weighted by atomic mass is 16.5. The van der Waals surface area contributed by atoms with Gasteiger partial charge >= 0.3 is 0 Å². The lowest BCUT2D eigenvalue weighted by molar-refractivity contribution is 0.137. The van der Waals surface area contributed by atoms with Crippen LogP contribution >= 0.6 is 0 Å². The Hall–Kier alpha value is -1.52. The van der Waals surface area contributed by atoms with Gasteiger partial charge in [0.15, 0.2) is 11.5 Å². The number of benzene rings is 1. The van der Waals surface area contributed by atoms with Crippen molar-refractivity contribution in [3.05, 3.63) is 35.9 Å². The van der Waals surface area contributed by atoms with Crippen molar-refractivity contribution in [3.63, 3.8) is 0 Å². The number of ether oxygens (including phenoxy) is 2. The second-order valence-electron chi connectivity index (χ2n) is 7.84. The first-order valence-electron chi connectivity index (χ1n) is 9.55. The molecule has 1 N–H and O–H groups in total. The van der Waals surface area contributed by atoms with Gasteiger partial charge in [-0.2, -0.15) is 0 Å². The van der Waals surface area contributed by atoms with E-state index in [4.69, 9.17) is 9.47 Å². The van der Waals surface area contributed by atoms with Crippen LogP contribution in [0.15, 0.2) is 30.4 Å². The van der Waals surface area contributed by atoms with Crippen molar-refractivity contribution in [1.29, 1.82) is 0 Å². The Balaban J connectivity index is 1.70. The minimum Gasteiger partial charge on any atom is -0.493 e. The van der Waals surface area contributed by atoms with E-state index in [0.29, 0.717) is 12.1 Å². The highest BCUT2D eigenvalue weighted by molar-refractivity contribution is 5.49. The molecule has 0 aromatic heterocycles. The molecule has 3 atom stereocenters. The number of aliphatic hydroxyl groups is 1. The van der Waals surface area contributed by atoms with Gasteiger partial charge in [-0.1, -0.05) is 18.2 Å². The molecule has 25 heavy (non-hydrogen) atoms. The summed E-state index contributed by atoms with van der Waals surface area (Å²) in [4.78, 5) is 2.38. The van der Waals surface area contributed by atoms with Crippen molar-refractivity contribution in [2.24, 2.45) is 0 Å². The van der Waals surface area contributed by atoms with Crippen molar-refractivity contribution in [3.8, 4) is 11.5 Å². The molecule has 4 rings (SSSR count). The van der Waals surface area contributed by atoms with Crippen molar-refractivity contribution >= 4 is 0 Å². The van der Waals surface area contributed by atoms with E-state index >= 15 is 0 Å². The van der Waals surface area contributed by atoms with E-state index in [1.54, 1.807) is 7.11 Å². The number of nitrogens with zero attached hydrogens (tertiary/aromatic N) is 1. The summed E-state index contributed by atoms with van der Waals surface area (Å²) in [6, 6.07) is 6.74. The maximum absolute atomic E-state index is 10.1. The summed E-state index contributed by atoms with van der Waals surface area (Å²) in [5, 5.41) is 10.1. The summed E-state index contributed by atoms with van der Waals surface area (Å²) in [5.41, 5.74) is 1.24. The minimum atomic E-state index is -0.342. The Kier molecular flexibility index (Phi) is 4.50. The van der Waals surface area contributed by atoms with Crippen LogP contribution in [0.1, 0.15) is 44.1 Å². The molecule has 1 aromatic carbocycles. The van der Waals surface area contributed by atoms with Gasteiger partial charge in [0.2, 0.25) is 0 Å². The molecule has 1 heterocycles. The van der Waals surface area contributed by atoms with Gasteiger partial charge in [0.05, 0.1) is 19.3 Å². The van der Waals surface area contributed by atoms with Crippen molar-refractivity contribution in [2.75, 3.05) is 20.7 Å². The number of aliphatic hydroxyl groups excluding tert-OH is 1. The van der Waals surface area contributed by atoms with Gasteiger partial charge in [-0.3, -0.25) is 0 Å². The van der Waals surface area contributed by atoms with Gasteiger partial charge in [0.1, 0.15) is 0 Å². The average Bonchev–Trinajstić information content (AvgIpc) is 3.24. The molecule has 0 unspecified atom stereocenters. The Labute approximate surface area is 150 Å². The molecule has 0 spiro atoms. The topological polar surface area (TPSA) is 41.9 Å². The summed E-state index contributed by atoms with van der Waals surface area (Å²) in [6.07, 6.45) is 10.8. The second-order valence-corrected chi connectivity index (χ2v) is 7.84. The second kappa shape index (κ2) is 6.65. The molecule has 0 amide bonds. The fourth-order valence-electron chi connectivity index (χ4n) is 4.93. The van der Waals surface area contributed by atoms with E-state index in [-0.39, 0.29) is 11.5 Å². The van der Waals surface area contributed by atoms with Crippen molar-refractivity contribution in [2.45, 2.75) is 62.2 Å². The maximum Gasteiger partial charge on any atom is 0.161 e. The number of hydrogen-bond acceptors (Lipinski definition) is 4. The van der Waals surface area contributed by atoms with Gasteiger partial charge in [0.25, 0.3) is 0 Å². The summed E-state index contributed by atoms with van der Waals surface area (Å²) in [7, 11) is 3.87. The van der Waals surface area contributed by atoms with Crippen LogP contribution in [0.5, 0.6) is 11.5 Å². The molecular weight excluding hydrogens is 314 g/mol. The first kappa shape index (κ1) is 16.9. The normalized spacial score (nSPS) is 32.8. The predicted octanol–water partition coefficient (Wildman–Crippen LogP) is 3.28. The minimum absolute atomic E-state index is 0.0337. The molecule has 1 saturated heterocycles. The Bertz CT molecular complexity index is 653. The van der Waals surface area contributed by atoms with Crippen LogP contribution in [0.4, 0.5) is 0 Å². The van der Waals surface area contributed by atoms with E-state index in [1.165, 1.54) is 18.4 Å². The van der Waals surface area contributed by atoms with Crippen molar-refractivity contribution < 1.29 is 14.6 Å². The Morgan fingerprint density at radius 3 is 2.76 bits per heavy atom. The number of hydrogen-bond donors (Lipinski definition) is 1. The third kappa shape index (κ3) is 2.96. The van der Waals surface area contributed by atoms with E-state index < -0.39 is 0 Å². The largest absolute Gasteiger partial charge is 0.493 e. The summed E-state index contributed by atoms with van der Waals surface area (Å²) in [5.74, 6) is 1.68. The first-order chi connectivity index (χ1) is 12.1. The summed E-state index contributed by atoms with van der Waals surface area (Å²) in [6.45, 7) is 1.05. The molecule has 4 nitrogen and oxygen atoms in total. The van der Waals surface area contributed by atoms with Gasteiger partial charge in [-0.05, 0) is 69.8 Å². The van der Waals surface area contributed by atoms with E-state index in [0.717, 1.165) is 43.7 Å². The average molecular weight is 343 g/mol. The molecule has 1 aromatic rings. The molecule has 1 aliphatic heterocycles. The lowest BCUT2D eigenvalue weighted by Gasteiger charge is -2.39. The third-order valence-electron chi connectivity index (χ3n) is 6.38. The lowest BCUT2D eigenvalue weighted by Crippen LogP contribution is -2.44. The van der Waals surface area contributed by atoms with E-state index in [2.05, 4.69) is 30.2 Å². The Morgan fingerprint density at radius 1 is 1.20 bits per heavy atom. The quantitative estimate of drug-likeness (QED) is 0.852. The SMILES string of the molecule is COc1ccc([C@@]23C=C[C@H](O)C[C@@H]2N(C)CC3)cc1OC1CCCC1. The molecule has 2 aliphatic carbocycles. The van der Waals surface area contributed by atoms with Crippen LogP contribution in [-0.2, 0) is 5.41 Å². The molecule has 2 fully saturated rings. The number of methoxy groups -OCH3 is 1. The molecule has 3 aliphatic rings. The van der Waals surface area contributed by atoms with E-state index in [9.17, 15) is 5.11 Å². The summed E-state index contributed by atoms with van der Waals surface area (Å²) >= 11 is 0. The molecule has 1 saturated carbocycles. The molecular formula is C21H29NO3. The third-order valence-corrected chi connectivity index (χ3v) is 6.38. The number of fused-ring (bicyclic) bond motifs is 1. The zero-order valence-corrected chi connectivity index (χ0v) is 15.3. The van der Waals surface area contributed by atoms with Crippen LogP contribution in [-0.4, -0.2) is 49.0 Å². The smallest absolute Gasteiger partial charge is 0.161 e. The van der Waals surface area contributed by atoms with Gasteiger partial charge < -0.3 is 19.5 Å². The fourth-order valence-corrected chi connectivity index (χ4v) is 4.93. The maximum atomic E-state index is 10.1. The fraction of sp³-hybridized carbons (Fsp3) is 0.619. The standard InChI is InChI=1S/C21H29NO3/c1-22-12-11-21(10-9-16(23)14-20(21)22)15-7-8-18(24-2)19(13-15)25-17-5-3-4-6-17/h7-10,13,16-17,20,23H,3-6,11-12,14H2,1-2H3/t16-,20-,21-/m0/s1. The zero-order chi connectivity index (χ0) is 17.4. The highest BCUT2D eigenvalue weighted by Gasteiger charge is 2.48. The lowest BCUT2D eigenvalue weighted by atomic mass is 9.69. The number of likely N-dealkylation sites (N-methyl/N-ethyl adjacent to an activating group) is 1. The predicted molar refractivity (Wildman–Crippen MR) is 98.4 cm³/mol. The molecule has 0 bridgehead atoms. The monoisotopic (exact) mass is 343 g/mol. The number of likely N-dealkylation sites (tertiary alicyclic amines) is 1. The molecule has 136 valence electrons.